The second kappa shape index (κ2) is 5.11. The zero-order chi connectivity index (χ0) is 13.9. The van der Waals surface area contributed by atoms with Crippen LogP contribution in [0.25, 0.3) is 0 Å². The Morgan fingerprint density at radius 1 is 1.72 bits per heavy atom. The molecular weight excluding hydrogens is 243 g/mol. The Bertz CT molecular complexity index is 481. The fourth-order valence-electron chi connectivity index (χ4n) is 1.39. The number of halogens is 1. The van der Waals surface area contributed by atoms with E-state index in [1.165, 1.54) is 17.8 Å². The summed E-state index contributed by atoms with van der Waals surface area (Å²) in [5.41, 5.74) is -0.406. The SMILES string of the molecule is Cc1c([N+](=O)[O-])ncn1CC(=NO)C(C)(C)CF. The topological polar surface area (TPSA) is 93.5 Å². The summed E-state index contributed by atoms with van der Waals surface area (Å²) >= 11 is 0. The molecule has 0 amide bonds. The smallest absolute Gasteiger partial charge is 0.384 e. The van der Waals surface area contributed by atoms with Crippen LogP contribution in [0.5, 0.6) is 0 Å². The van der Waals surface area contributed by atoms with E-state index in [1.54, 1.807) is 13.8 Å². The third kappa shape index (κ3) is 2.63. The summed E-state index contributed by atoms with van der Waals surface area (Å²) in [6.07, 6.45) is 1.27. The first-order chi connectivity index (χ1) is 8.33. The molecule has 1 aromatic heterocycles. The minimum absolute atomic E-state index is 0.0556. The average molecular weight is 258 g/mol. The predicted molar refractivity (Wildman–Crippen MR) is 62.6 cm³/mol. The summed E-state index contributed by atoms with van der Waals surface area (Å²) in [5.74, 6) is -0.259. The Morgan fingerprint density at radius 2 is 2.33 bits per heavy atom. The molecule has 1 N–H and O–H groups in total. The van der Waals surface area contributed by atoms with Crippen LogP contribution < -0.4 is 0 Å². The molecular formula is C10H15FN4O3. The van der Waals surface area contributed by atoms with Crippen molar-refractivity contribution in [2.24, 2.45) is 10.6 Å². The molecule has 1 heterocycles. The van der Waals surface area contributed by atoms with Gasteiger partial charge in [-0.3, -0.25) is 4.39 Å². The van der Waals surface area contributed by atoms with Crippen molar-refractivity contribution in [2.75, 3.05) is 6.67 Å². The average Bonchev–Trinajstić information content (AvgIpc) is 2.67. The van der Waals surface area contributed by atoms with Crippen molar-refractivity contribution >= 4 is 11.5 Å². The molecule has 0 aliphatic carbocycles. The molecule has 0 aliphatic rings. The molecule has 0 saturated carbocycles. The maximum absolute atomic E-state index is 12.8. The van der Waals surface area contributed by atoms with E-state index in [9.17, 15) is 14.5 Å². The lowest BCUT2D eigenvalue weighted by molar-refractivity contribution is -0.389. The van der Waals surface area contributed by atoms with Crippen LogP contribution in [0.3, 0.4) is 0 Å². The maximum atomic E-state index is 12.8. The van der Waals surface area contributed by atoms with Gasteiger partial charge in [0.1, 0.15) is 5.69 Å². The summed E-state index contributed by atoms with van der Waals surface area (Å²) in [5, 5.41) is 22.6. The van der Waals surface area contributed by atoms with Gasteiger partial charge in [-0.15, -0.1) is 0 Å². The molecule has 0 aliphatic heterocycles. The third-order valence-corrected chi connectivity index (χ3v) is 2.80. The Labute approximate surface area is 103 Å². The van der Waals surface area contributed by atoms with Crippen molar-refractivity contribution in [1.82, 2.24) is 9.55 Å². The highest BCUT2D eigenvalue weighted by Gasteiger charge is 2.28. The van der Waals surface area contributed by atoms with Gasteiger partial charge in [0.15, 0.2) is 0 Å². The highest BCUT2D eigenvalue weighted by molar-refractivity contribution is 5.89. The van der Waals surface area contributed by atoms with Gasteiger partial charge in [-0.1, -0.05) is 19.0 Å². The van der Waals surface area contributed by atoms with Crippen molar-refractivity contribution in [3.05, 3.63) is 22.1 Å². The van der Waals surface area contributed by atoms with Gasteiger partial charge in [0, 0.05) is 5.41 Å². The number of nitrogens with zero attached hydrogens (tertiary/aromatic N) is 4. The largest absolute Gasteiger partial charge is 0.411 e. The summed E-state index contributed by atoms with van der Waals surface area (Å²) < 4.78 is 14.3. The summed E-state index contributed by atoms with van der Waals surface area (Å²) in [6, 6.07) is 0. The van der Waals surface area contributed by atoms with Gasteiger partial charge < -0.3 is 19.9 Å². The van der Waals surface area contributed by atoms with E-state index in [-0.39, 0.29) is 18.1 Å². The van der Waals surface area contributed by atoms with Crippen LogP contribution in [0.15, 0.2) is 11.5 Å². The first kappa shape index (κ1) is 14.1. The lowest BCUT2D eigenvalue weighted by atomic mass is 9.89. The lowest BCUT2D eigenvalue weighted by Gasteiger charge is -2.21. The van der Waals surface area contributed by atoms with Crippen LogP contribution in [-0.4, -0.2) is 32.1 Å². The standard InChI is InChI=1S/C10H15FN4O3/c1-7-9(15(17)18)12-6-14(7)4-8(13-16)10(2,3)5-11/h6,16H,4-5H2,1-3H3. The number of aromatic nitrogens is 2. The van der Waals surface area contributed by atoms with Gasteiger partial charge in [-0.2, -0.15) is 0 Å². The number of hydrogen-bond donors (Lipinski definition) is 1. The molecule has 100 valence electrons. The zero-order valence-corrected chi connectivity index (χ0v) is 10.4. The van der Waals surface area contributed by atoms with Crippen LogP contribution in [-0.2, 0) is 6.54 Å². The zero-order valence-electron chi connectivity index (χ0n) is 10.4. The van der Waals surface area contributed by atoms with Crippen molar-refractivity contribution in [2.45, 2.75) is 27.3 Å². The first-order valence-corrected chi connectivity index (χ1v) is 5.27. The van der Waals surface area contributed by atoms with E-state index in [2.05, 4.69) is 10.1 Å². The number of nitro groups is 1. The maximum Gasteiger partial charge on any atom is 0.384 e. The fourth-order valence-corrected chi connectivity index (χ4v) is 1.39. The molecule has 1 aromatic rings. The molecule has 0 bridgehead atoms. The van der Waals surface area contributed by atoms with E-state index in [0.717, 1.165) is 0 Å². The molecule has 0 saturated heterocycles. The van der Waals surface area contributed by atoms with Gasteiger partial charge in [0.25, 0.3) is 0 Å². The first-order valence-electron chi connectivity index (χ1n) is 5.27. The number of hydrogen-bond acceptors (Lipinski definition) is 5. The van der Waals surface area contributed by atoms with E-state index in [1.807, 2.05) is 0 Å². The molecule has 7 nitrogen and oxygen atoms in total. The molecule has 8 heteroatoms. The Kier molecular flexibility index (Phi) is 4.00. The van der Waals surface area contributed by atoms with Crippen LogP contribution in [0.4, 0.5) is 10.2 Å². The van der Waals surface area contributed by atoms with Gasteiger partial charge in [0.2, 0.25) is 6.33 Å². The van der Waals surface area contributed by atoms with E-state index in [0.29, 0.717) is 5.69 Å². The van der Waals surface area contributed by atoms with Gasteiger partial charge in [0.05, 0.1) is 18.9 Å². The molecule has 1 rings (SSSR count). The summed E-state index contributed by atoms with van der Waals surface area (Å²) in [7, 11) is 0. The fraction of sp³-hybridized carbons (Fsp3) is 0.600. The molecule has 0 spiro atoms. The second-order valence-electron chi connectivity index (χ2n) is 4.60. The Morgan fingerprint density at radius 3 is 2.72 bits per heavy atom. The molecule has 0 atom stereocenters. The number of imidazole rings is 1. The Balaban J connectivity index is 3.01. The predicted octanol–water partition coefficient (Wildman–Crippen LogP) is 1.93. The molecule has 0 radical (unpaired) electrons. The van der Waals surface area contributed by atoms with Gasteiger partial charge >= 0.3 is 5.82 Å². The minimum Gasteiger partial charge on any atom is -0.411 e. The number of oxime groups is 1. The molecule has 0 unspecified atom stereocenters. The lowest BCUT2D eigenvalue weighted by Crippen LogP contribution is -2.30. The third-order valence-electron chi connectivity index (χ3n) is 2.80. The van der Waals surface area contributed by atoms with Crippen molar-refractivity contribution in [1.29, 1.82) is 0 Å². The van der Waals surface area contributed by atoms with Crippen LogP contribution in [0, 0.1) is 22.5 Å². The van der Waals surface area contributed by atoms with Gasteiger partial charge in [-0.25, -0.2) is 0 Å². The van der Waals surface area contributed by atoms with Crippen LogP contribution in [0.1, 0.15) is 19.5 Å². The van der Waals surface area contributed by atoms with Crippen molar-refractivity contribution in [3.63, 3.8) is 0 Å². The number of rotatable bonds is 5. The van der Waals surface area contributed by atoms with Crippen LogP contribution in [0.2, 0.25) is 0 Å². The summed E-state index contributed by atoms with van der Waals surface area (Å²) in [4.78, 5) is 13.7. The molecule has 0 fully saturated rings. The van der Waals surface area contributed by atoms with E-state index < -0.39 is 17.0 Å². The monoisotopic (exact) mass is 258 g/mol. The van der Waals surface area contributed by atoms with Crippen molar-refractivity contribution < 1.29 is 14.5 Å². The molecule has 18 heavy (non-hydrogen) atoms. The quantitative estimate of drug-likeness (QED) is 0.378. The van der Waals surface area contributed by atoms with Gasteiger partial charge in [-0.05, 0) is 16.8 Å². The normalized spacial score (nSPS) is 12.8. The van der Waals surface area contributed by atoms with Crippen molar-refractivity contribution in [3.8, 4) is 0 Å². The number of alkyl halides is 1. The highest BCUT2D eigenvalue weighted by Crippen LogP contribution is 2.21. The Hall–Kier alpha value is -1.99. The second-order valence-corrected chi connectivity index (χ2v) is 4.60. The van der Waals surface area contributed by atoms with E-state index >= 15 is 0 Å². The van der Waals surface area contributed by atoms with E-state index in [4.69, 9.17) is 5.21 Å². The minimum atomic E-state index is -0.930. The summed E-state index contributed by atoms with van der Waals surface area (Å²) in [6.45, 7) is 4.07. The van der Waals surface area contributed by atoms with Crippen LogP contribution >= 0.6 is 0 Å². The highest BCUT2D eigenvalue weighted by atomic mass is 19.1. The molecule has 0 aromatic carbocycles.